The summed E-state index contributed by atoms with van der Waals surface area (Å²) < 4.78 is 42.4. The Kier molecular flexibility index (Phi) is 3.83. The zero-order valence-corrected chi connectivity index (χ0v) is 13.9. The van der Waals surface area contributed by atoms with E-state index in [-0.39, 0.29) is 34.1 Å². The quantitative estimate of drug-likeness (QED) is 0.722. The van der Waals surface area contributed by atoms with E-state index in [9.17, 15) is 23.1 Å². The topological polar surface area (TPSA) is 88.2 Å². The largest absolute Gasteiger partial charge is 0.508 e. The Morgan fingerprint density at radius 3 is 2.44 bits per heavy atom. The molecule has 0 unspecified atom stereocenters. The zero-order chi connectivity index (χ0) is 19.3. The Labute approximate surface area is 150 Å². The van der Waals surface area contributed by atoms with E-state index in [0.717, 1.165) is 23.6 Å². The molecule has 1 saturated carbocycles. The highest BCUT2D eigenvalue weighted by Gasteiger charge is 2.39. The summed E-state index contributed by atoms with van der Waals surface area (Å²) in [5.74, 6) is -1.35. The summed E-state index contributed by atoms with van der Waals surface area (Å²) in [6.45, 7) is -0.577. The first-order chi connectivity index (χ1) is 12.7. The number of fused-ring (bicyclic) bond motifs is 1. The highest BCUT2D eigenvalue weighted by atomic mass is 19.4. The number of carboxylic acids is 1. The molecule has 2 N–H and O–H groups in total. The minimum Gasteiger partial charge on any atom is -0.508 e. The standard InChI is InChI=1S/C18H14F3N3O3/c19-18(20,21)12-7-13(9-3-5-11(25)6-4-9)22-17-15(12)16(10-1-2-10)23-24(17)8-14(26)27/h3-7,10,25H,1-2,8H2,(H,26,27). The maximum atomic E-state index is 13.8. The molecule has 4 rings (SSSR count). The lowest BCUT2D eigenvalue weighted by molar-refractivity contribution is -0.138. The number of pyridine rings is 1. The van der Waals surface area contributed by atoms with Gasteiger partial charge in [0.15, 0.2) is 5.65 Å². The highest BCUT2D eigenvalue weighted by Crippen LogP contribution is 2.46. The Hall–Kier alpha value is -3.10. The summed E-state index contributed by atoms with van der Waals surface area (Å²) in [5.41, 5.74) is -0.324. The number of aromatic hydroxyl groups is 1. The molecule has 0 radical (unpaired) electrons. The number of benzene rings is 1. The molecule has 6 nitrogen and oxygen atoms in total. The van der Waals surface area contributed by atoms with Crippen molar-refractivity contribution in [1.82, 2.24) is 14.8 Å². The van der Waals surface area contributed by atoms with Gasteiger partial charge in [0.2, 0.25) is 0 Å². The molecule has 2 aromatic heterocycles. The van der Waals surface area contributed by atoms with Gasteiger partial charge in [-0.15, -0.1) is 0 Å². The van der Waals surface area contributed by atoms with Gasteiger partial charge in [-0.3, -0.25) is 4.79 Å². The van der Waals surface area contributed by atoms with Crippen LogP contribution in [0.1, 0.15) is 30.0 Å². The SMILES string of the molecule is O=C(O)Cn1nc(C2CC2)c2c(C(F)(F)F)cc(-c3ccc(O)cc3)nc21. The predicted molar refractivity (Wildman–Crippen MR) is 89.2 cm³/mol. The molecule has 2 heterocycles. The second-order valence-electron chi connectivity index (χ2n) is 6.51. The molecule has 1 aliphatic carbocycles. The number of hydrogen-bond acceptors (Lipinski definition) is 4. The summed E-state index contributed by atoms with van der Waals surface area (Å²) in [6, 6.07) is 6.54. The van der Waals surface area contributed by atoms with Gasteiger partial charge in [-0.25, -0.2) is 9.67 Å². The zero-order valence-electron chi connectivity index (χ0n) is 13.9. The molecule has 0 aliphatic heterocycles. The van der Waals surface area contributed by atoms with Crippen molar-refractivity contribution >= 4 is 17.0 Å². The second kappa shape index (κ2) is 5.97. The number of hydrogen-bond donors (Lipinski definition) is 2. The van der Waals surface area contributed by atoms with Crippen LogP contribution in [0.25, 0.3) is 22.3 Å². The number of aromatic nitrogens is 3. The van der Waals surface area contributed by atoms with Crippen LogP contribution >= 0.6 is 0 Å². The van der Waals surface area contributed by atoms with Crippen molar-refractivity contribution in [2.75, 3.05) is 0 Å². The Bertz CT molecular complexity index is 1040. The molecule has 27 heavy (non-hydrogen) atoms. The van der Waals surface area contributed by atoms with Crippen LogP contribution in [-0.4, -0.2) is 30.9 Å². The number of phenolic OH excluding ortho intramolecular Hbond substituents is 1. The molecular weight excluding hydrogens is 363 g/mol. The van der Waals surface area contributed by atoms with Crippen molar-refractivity contribution in [3.63, 3.8) is 0 Å². The van der Waals surface area contributed by atoms with Gasteiger partial charge in [0.25, 0.3) is 0 Å². The lowest BCUT2D eigenvalue weighted by Gasteiger charge is -2.12. The van der Waals surface area contributed by atoms with Gasteiger partial charge < -0.3 is 10.2 Å². The number of phenols is 1. The van der Waals surface area contributed by atoms with Gasteiger partial charge in [-0.2, -0.15) is 18.3 Å². The van der Waals surface area contributed by atoms with Crippen LogP contribution in [0.2, 0.25) is 0 Å². The van der Waals surface area contributed by atoms with Gasteiger partial charge in [-0.05, 0) is 43.2 Å². The van der Waals surface area contributed by atoms with Gasteiger partial charge >= 0.3 is 12.1 Å². The number of nitrogens with zero attached hydrogens (tertiary/aromatic N) is 3. The van der Waals surface area contributed by atoms with Gasteiger partial charge in [-0.1, -0.05) is 0 Å². The summed E-state index contributed by atoms with van der Waals surface area (Å²) in [7, 11) is 0. The fourth-order valence-electron chi connectivity index (χ4n) is 3.08. The normalized spacial score (nSPS) is 14.6. The number of aliphatic carboxylic acids is 1. The Balaban J connectivity index is 2.02. The van der Waals surface area contributed by atoms with Gasteiger partial charge in [0, 0.05) is 11.5 Å². The Morgan fingerprint density at radius 1 is 1.22 bits per heavy atom. The van der Waals surface area contributed by atoms with E-state index in [1.807, 2.05) is 0 Å². The van der Waals surface area contributed by atoms with Crippen molar-refractivity contribution in [2.45, 2.75) is 31.5 Å². The first-order valence-corrected chi connectivity index (χ1v) is 8.24. The Morgan fingerprint density at radius 2 is 1.89 bits per heavy atom. The molecular formula is C18H14F3N3O3. The fourth-order valence-corrected chi connectivity index (χ4v) is 3.08. The fraction of sp³-hybridized carbons (Fsp3) is 0.278. The molecule has 140 valence electrons. The summed E-state index contributed by atoms with van der Waals surface area (Å²) in [5, 5.41) is 22.5. The average molecular weight is 377 g/mol. The third-order valence-electron chi connectivity index (χ3n) is 4.45. The third-order valence-corrected chi connectivity index (χ3v) is 4.45. The smallest absolute Gasteiger partial charge is 0.417 e. The van der Waals surface area contributed by atoms with E-state index in [4.69, 9.17) is 5.11 Å². The van der Waals surface area contributed by atoms with E-state index in [1.165, 1.54) is 24.3 Å². The van der Waals surface area contributed by atoms with E-state index in [2.05, 4.69) is 10.1 Å². The number of carbonyl (C=O) groups is 1. The molecule has 0 bridgehead atoms. The van der Waals surface area contributed by atoms with Crippen molar-refractivity contribution in [3.05, 3.63) is 41.6 Å². The first-order valence-electron chi connectivity index (χ1n) is 8.24. The average Bonchev–Trinajstić information content (AvgIpc) is 3.37. The molecule has 1 aliphatic rings. The van der Waals surface area contributed by atoms with Crippen LogP contribution in [-0.2, 0) is 17.5 Å². The highest BCUT2D eigenvalue weighted by molar-refractivity contribution is 5.87. The summed E-state index contributed by atoms with van der Waals surface area (Å²) in [6.07, 6.45) is -3.21. The van der Waals surface area contributed by atoms with Gasteiger partial charge in [0.1, 0.15) is 12.3 Å². The lowest BCUT2D eigenvalue weighted by atomic mass is 10.0. The lowest BCUT2D eigenvalue weighted by Crippen LogP contribution is -2.12. The van der Waals surface area contributed by atoms with E-state index >= 15 is 0 Å². The molecule has 1 fully saturated rings. The molecule has 9 heteroatoms. The molecule has 3 aromatic rings. The van der Waals surface area contributed by atoms with Crippen LogP contribution < -0.4 is 0 Å². The maximum absolute atomic E-state index is 13.8. The van der Waals surface area contributed by atoms with Crippen LogP contribution in [0, 0.1) is 0 Å². The molecule has 0 atom stereocenters. The monoisotopic (exact) mass is 377 g/mol. The first kappa shape index (κ1) is 17.3. The second-order valence-corrected chi connectivity index (χ2v) is 6.51. The van der Waals surface area contributed by atoms with E-state index in [0.29, 0.717) is 5.56 Å². The van der Waals surface area contributed by atoms with E-state index in [1.54, 1.807) is 0 Å². The number of alkyl halides is 3. The van der Waals surface area contributed by atoms with E-state index < -0.39 is 24.3 Å². The maximum Gasteiger partial charge on any atom is 0.417 e. The minimum absolute atomic E-state index is 0.0252. The predicted octanol–water partition coefficient (Wildman–Crippen LogP) is 3.78. The van der Waals surface area contributed by atoms with Crippen LogP contribution in [0.5, 0.6) is 5.75 Å². The van der Waals surface area contributed by atoms with Crippen molar-refractivity contribution < 1.29 is 28.2 Å². The number of rotatable bonds is 4. The van der Waals surface area contributed by atoms with Crippen molar-refractivity contribution in [2.24, 2.45) is 0 Å². The number of halogens is 3. The molecule has 0 amide bonds. The van der Waals surface area contributed by atoms with Crippen molar-refractivity contribution in [1.29, 1.82) is 0 Å². The van der Waals surface area contributed by atoms with Crippen LogP contribution in [0.4, 0.5) is 13.2 Å². The molecule has 0 saturated heterocycles. The summed E-state index contributed by atoms with van der Waals surface area (Å²) in [4.78, 5) is 15.4. The third kappa shape index (κ3) is 3.20. The van der Waals surface area contributed by atoms with Crippen LogP contribution in [0.15, 0.2) is 30.3 Å². The minimum atomic E-state index is -4.65. The molecule has 1 aromatic carbocycles. The number of carboxylic acid groups (broad SMARTS) is 1. The van der Waals surface area contributed by atoms with Gasteiger partial charge in [0.05, 0.1) is 22.3 Å². The summed E-state index contributed by atoms with van der Waals surface area (Å²) >= 11 is 0. The van der Waals surface area contributed by atoms with Crippen LogP contribution in [0.3, 0.4) is 0 Å². The molecule has 0 spiro atoms. The van der Waals surface area contributed by atoms with Crippen molar-refractivity contribution in [3.8, 4) is 17.0 Å².